The molecule has 0 bridgehead atoms. The van der Waals surface area contributed by atoms with Crippen LogP contribution in [0.25, 0.3) is 0 Å². The van der Waals surface area contributed by atoms with Crippen LogP contribution in [0.2, 0.25) is 0 Å². The lowest BCUT2D eigenvalue weighted by atomic mass is 10.00. The Labute approximate surface area is 196 Å². The van der Waals surface area contributed by atoms with Gasteiger partial charge in [-0.2, -0.15) is 18.3 Å². The number of carbonyl (C=O) groups excluding carboxylic acids is 2. The fourth-order valence-electron chi connectivity index (χ4n) is 4.52. The van der Waals surface area contributed by atoms with Crippen molar-refractivity contribution in [1.29, 1.82) is 0 Å². The van der Waals surface area contributed by atoms with Crippen molar-refractivity contribution in [1.82, 2.24) is 9.80 Å². The van der Waals surface area contributed by atoms with Crippen molar-refractivity contribution in [3.05, 3.63) is 29.8 Å². The molecule has 2 aliphatic heterocycles. The van der Waals surface area contributed by atoms with Gasteiger partial charge in [0.1, 0.15) is 6.04 Å². The van der Waals surface area contributed by atoms with Crippen molar-refractivity contribution >= 4 is 23.8 Å². The normalized spacial score (nSPS) is 19.8. The van der Waals surface area contributed by atoms with Crippen LogP contribution in [0, 0.1) is 0 Å². The minimum Gasteiger partial charge on any atom is -0.369 e. The van der Waals surface area contributed by atoms with E-state index in [0.717, 1.165) is 50.3 Å². The fraction of sp³-hybridized carbons (Fsp3) is 0.591. The van der Waals surface area contributed by atoms with E-state index >= 15 is 0 Å². The number of alkyl halides is 3. The van der Waals surface area contributed by atoms with Crippen LogP contribution in [0.5, 0.6) is 0 Å². The van der Waals surface area contributed by atoms with Crippen LogP contribution in [-0.4, -0.2) is 85.5 Å². The molecular formula is C22H30F3N5O4. The van der Waals surface area contributed by atoms with E-state index in [-0.39, 0.29) is 0 Å². The molecule has 0 aromatic heterocycles. The second-order valence-corrected chi connectivity index (χ2v) is 8.35. The van der Waals surface area contributed by atoms with Gasteiger partial charge in [0.05, 0.1) is 6.21 Å². The summed E-state index contributed by atoms with van der Waals surface area (Å²) < 4.78 is 36.7. The summed E-state index contributed by atoms with van der Waals surface area (Å²) in [6, 6.07) is 7.69. The summed E-state index contributed by atoms with van der Waals surface area (Å²) in [5, 5.41) is 3.53. The molecule has 2 aliphatic rings. The number of hydrogen-bond donors (Lipinski definition) is 1. The van der Waals surface area contributed by atoms with Crippen molar-refractivity contribution in [2.75, 3.05) is 44.2 Å². The van der Waals surface area contributed by atoms with E-state index in [0.29, 0.717) is 25.6 Å². The number of piperidine rings is 1. The molecule has 0 radical (unpaired) electrons. The van der Waals surface area contributed by atoms with Gasteiger partial charge in [0, 0.05) is 51.0 Å². The summed E-state index contributed by atoms with van der Waals surface area (Å²) in [5.41, 5.74) is 2.10. The molecule has 2 fully saturated rings. The van der Waals surface area contributed by atoms with Gasteiger partial charge in [-0.05, 0) is 37.0 Å². The van der Waals surface area contributed by atoms with E-state index in [9.17, 15) is 22.8 Å². The first-order valence-electron chi connectivity index (χ1n) is 11.3. The number of benzene rings is 1. The third kappa shape index (κ3) is 6.60. The van der Waals surface area contributed by atoms with Crippen molar-refractivity contribution in [2.24, 2.45) is 10.9 Å². The summed E-state index contributed by atoms with van der Waals surface area (Å²) in [7, 11) is 0. The molecule has 1 aromatic rings. The zero-order chi connectivity index (χ0) is 24.7. The van der Waals surface area contributed by atoms with Gasteiger partial charge in [0.25, 0.3) is 0 Å². The maximum Gasteiger partial charge on any atom is 0.495 e. The summed E-state index contributed by atoms with van der Waals surface area (Å²) in [5.74, 6) is 1.65. The van der Waals surface area contributed by atoms with Crippen LogP contribution in [0.1, 0.15) is 31.7 Å². The topological polar surface area (TPSA) is 101 Å². The number of likely N-dealkylation sites (tertiary alicyclic amines) is 1. The van der Waals surface area contributed by atoms with Crippen molar-refractivity contribution in [3.63, 3.8) is 0 Å². The largest absolute Gasteiger partial charge is 0.495 e. The molecule has 1 atom stereocenters. The number of carbonyl (C=O) groups is 2. The summed E-state index contributed by atoms with van der Waals surface area (Å²) in [6.45, 7) is 6.59. The van der Waals surface area contributed by atoms with Gasteiger partial charge in [-0.25, -0.2) is 19.4 Å². The Balaban J connectivity index is 1.44. The van der Waals surface area contributed by atoms with Gasteiger partial charge in [0.2, 0.25) is 0 Å². The molecule has 0 spiro atoms. The fourth-order valence-corrected chi connectivity index (χ4v) is 4.52. The van der Waals surface area contributed by atoms with Gasteiger partial charge >= 0.3 is 18.1 Å². The zero-order valence-corrected chi connectivity index (χ0v) is 19.0. The van der Waals surface area contributed by atoms with Gasteiger partial charge in [-0.3, -0.25) is 9.80 Å². The monoisotopic (exact) mass is 485 g/mol. The quantitative estimate of drug-likeness (QED) is 0.282. The molecule has 2 saturated heterocycles. The molecule has 188 valence electrons. The lowest BCUT2D eigenvalue weighted by Gasteiger charge is -2.44. The zero-order valence-electron chi connectivity index (χ0n) is 19.0. The predicted molar refractivity (Wildman–Crippen MR) is 119 cm³/mol. The standard InChI is InChI=1S/C22H30F3N5O4/c1-2-19(20(31)33-34-21(32)22(23,24)25)30-9-7-18(8-10-30)29-13-11-28(12-14-29)17-5-3-16(4-6-17)15-27-26/h3-6,15,18-19H,2,7-14,26H2,1H3/b27-15+. The number of rotatable bonds is 6. The Morgan fingerprint density at radius 1 is 1.09 bits per heavy atom. The van der Waals surface area contributed by atoms with Crippen LogP contribution in [0.4, 0.5) is 18.9 Å². The van der Waals surface area contributed by atoms with Crippen molar-refractivity contribution in [2.45, 2.75) is 44.4 Å². The number of halogens is 3. The first-order valence-corrected chi connectivity index (χ1v) is 11.3. The molecule has 12 heteroatoms. The molecule has 1 aromatic carbocycles. The van der Waals surface area contributed by atoms with E-state index in [2.05, 4.69) is 36.8 Å². The second-order valence-electron chi connectivity index (χ2n) is 8.35. The molecule has 34 heavy (non-hydrogen) atoms. The highest BCUT2D eigenvalue weighted by Gasteiger charge is 2.43. The maximum atomic E-state index is 12.2. The Morgan fingerprint density at radius 3 is 2.24 bits per heavy atom. The first kappa shape index (κ1) is 25.8. The lowest BCUT2D eigenvalue weighted by molar-refractivity contribution is -0.288. The lowest BCUT2D eigenvalue weighted by Crippen LogP contribution is -2.55. The van der Waals surface area contributed by atoms with Crippen LogP contribution in [-0.2, 0) is 19.4 Å². The second kappa shape index (κ2) is 11.5. The SMILES string of the molecule is CCC(C(=O)OOC(=O)C(F)(F)F)N1CCC(N2CCN(c3ccc(/C=N/N)cc3)CC2)CC1. The number of nitrogens with zero attached hydrogens (tertiary/aromatic N) is 4. The van der Waals surface area contributed by atoms with Crippen LogP contribution >= 0.6 is 0 Å². The molecule has 2 heterocycles. The summed E-state index contributed by atoms with van der Waals surface area (Å²) in [6.07, 6.45) is -1.61. The van der Waals surface area contributed by atoms with Crippen molar-refractivity contribution < 1.29 is 32.5 Å². The van der Waals surface area contributed by atoms with Gasteiger partial charge in [-0.1, -0.05) is 19.1 Å². The van der Waals surface area contributed by atoms with Crippen LogP contribution in [0.15, 0.2) is 29.4 Å². The minimum atomic E-state index is -5.22. The number of nitrogens with two attached hydrogens (primary N) is 1. The Bertz CT molecular complexity index is 849. The molecule has 2 N–H and O–H groups in total. The van der Waals surface area contributed by atoms with Gasteiger partial charge in [-0.15, -0.1) is 0 Å². The summed E-state index contributed by atoms with van der Waals surface area (Å²) >= 11 is 0. The third-order valence-electron chi connectivity index (χ3n) is 6.34. The average molecular weight is 486 g/mol. The third-order valence-corrected chi connectivity index (χ3v) is 6.34. The number of anilines is 1. The molecule has 3 rings (SSSR count). The van der Waals surface area contributed by atoms with E-state index < -0.39 is 24.2 Å². The van der Waals surface area contributed by atoms with Gasteiger partial charge < -0.3 is 10.7 Å². The Kier molecular flexibility index (Phi) is 8.72. The smallest absolute Gasteiger partial charge is 0.369 e. The highest BCUT2D eigenvalue weighted by molar-refractivity contribution is 5.80. The first-order chi connectivity index (χ1) is 16.2. The van der Waals surface area contributed by atoms with E-state index in [1.807, 2.05) is 17.0 Å². The predicted octanol–water partition coefficient (Wildman–Crippen LogP) is 1.91. The molecule has 0 aliphatic carbocycles. The maximum absolute atomic E-state index is 12.2. The van der Waals surface area contributed by atoms with E-state index in [1.54, 1.807) is 13.1 Å². The Hall–Kier alpha value is -2.86. The van der Waals surface area contributed by atoms with E-state index in [4.69, 9.17) is 5.84 Å². The van der Waals surface area contributed by atoms with Crippen LogP contribution in [0.3, 0.4) is 0 Å². The molecule has 1 unspecified atom stereocenters. The highest BCUT2D eigenvalue weighted by Crippen LogP contribution is 2.24. The highest BCUT2D eigenvalue weighted by atomic mass is 19.4. The molecular weight excluding hydrogens is 455 g/mol. The molecule has 0 saturated carbocycles. The summed E-state index contributed by atoms with van der Waals surface area (Å²) in [4.78, 5) is 37.4. The van der Waals surface area contributed by atoms with E-state index in [1.165, 1.54) is 0 Å². The number of hydrogen-bond acceptors (Lipinski definition) is 9. The number of piperazine rings is 1. The average Bonchev–Trinajstić information content (AvgIpc) is 2.83. The molecule has 9 nitrogen and oxygen atoms in total. The van der Waals surface area contributed by atoms with Gasteiger partial charge in [0.15, 0.2) is 0 Å². The van der Waals surface area contributed by atoms with Crippen LogP contribution < -0.4 is 10.7 Å². The minimum absolute atomic E-state index is 0.335. The number of hydrazone groups is 1. The Morgan fingerprint density at radius 2 is 1.71 bits per heavy atom. The van der Waals surface area contributed by atoms with Crippen molar-refractivity contribution in [3.8, 4) is 0 Å². The molecule has 0 amide bonds.